The molecule has 4 nitrogen and oxygen atoms in total. The average molecular weight is 251 g/mol. The van der Waals surface area contributed by atoms with E-state index >= 15 is 0 Å². The van der Waals surface area contributed by atoms with Crippen molar-refractivity contribution in [3.63, 3.8) is 0 Å². The summed E-state index contributed by atoms with van der Waals surface area (Å²) in [5, 5.41) is 5.01. The molecule has 0 saturated carbocycles. The van der Waals surface area contributed by atoms with Gasteiger partial charge < -0.3 is 5.73 Å². The molecule has 0 radical (unpaired) electrons. The summed E-state index contributed by atoms with van der Waals surface area (Å²) in [6.07, 6.45) is 0. The second-order valence-electron chi connectivity index (χ2n) is 4.29. The summed E-state index contributed by atoms with van der Waals surface area (Å²) in [5.74, 6) is 1.98. The topological polar surface area (TPSA) is 56.7 Å². The molecule has 0 fully saturated rings. The summed E-state index contributed by atoms with van der Waals surface area (Å²) in [6.45, 7) is 6.05. The van der Waals surface area contributed by atoms with E-state index in [0.717, 1.165) is 17.3 Å². The van der Waals surface area contributed by atoms with Gasteiger partial charge in [0.15, 0.2) is 5.82 Å². The Morgan fingerprint density at radius 3 is 2.59 bits per heavy atom. The number of aromatic nitrogens is 3. The van der Waals surface area contributed by atoms with Crippen LogP contribution in [-0.2, 0) is 0 Å². The molecule has 1 aromatic carbocycles. The Kier molecular flexibility index (Phi) is 3.07. The highest BCUT2D eigenvalue weighted by Crippen LogP contribution is 2.22. The number of anilines is 1. The first-order valence-electron chi connectivity index (χ1n) is 5.48. The van der Waals surface area contributed by atoms with Gasteiger partial charge in [0.05, 0.1) is 16.4 Å². The average Bonchev–Trinajstić information content (AvgIpc) is 2.65. The van der Waals surface area contributed by atoms with E-state index in [-0.39, 0.29) is 0 Å². The summed E-state index contributed by atoms with van der Waals surface area (Å²) >= 11 is 5.89. The lowest BCUT2D eigenvalue weighted by atomic mass is 10.2. The van der Waals surface area contributed by atoms with Gasteiger partial charge in [0.2, 0.25) is 0 Å². The summed E-state index contributed by atoms with van der Waals surface area (Å²) in [4.78, 5) is 4.42. The zero-order valence-corrected chi connectivity index (χ0v) is 10.9. The fourth-order valence-electron chi connectivity index (χ4n) is 1.56. The number of aryl methyl sites for hydroxylation is 1. The first-order chi connectivity index (χ1) is 7.99. The molecule has 1 heterocycles. The van der Waals surface area contributed by atoms with Crippen molar-refractivity contribution in [1.82, 2.24) is 14.8 Å². The van der Waals surface area contributed by atoms with E-state index in [0.29, 0.717) is 16.6 Å². The lowest BCUT2D eigenvalue weighted by molar-refractivity contribution is 0.751. The monoisotopic (exact) mass is 250 g/mol. The van der Waals surface area contributed by atoms with Gasteiger partial charge in [-0.15, -0.1) is 0 Å². The molecule has 2 N–H and O–H groups in total. The van der Waals surface area contributed by atoms with Crippen molar-refractivity contribution in [2.24, 2.45) is 0 Å². The van der Waals surface area contributed by atoms with Crippen molar-refractivity contribution >= 4 is 17.3 Å². The number of nitrogens with two attached hydrogens (primary N) is 1. The SMILES string of the molecule is Cc1nc(C(C)C)nn1-c1ccc(Cl)c(N)c1. The van der Waals surface area contributed by atoms with Crippen LogP contribution in [0.3, 0.4) is 0 Å². The molecule has 5 heteroatoms. The van der Waals surface area contributed by atoms with Crippen molar-refractivity contribution in [3.8, 4) is 5.69 Å². The number of halogens is 1. The third-order valence-corrected chi connectivity index (χ3v) is 2.87. The van der Waals surface area contributed by atoms with E-state index in [1.54, 1.807) is 16.8 Å². The van der Waals surface area contributed by atoms with Gasteiger partial charge in [-0.25, -0.2) is 9.67 Å². The number of benzene rings is 1. The highest BCUT2D eigenvalue weighted by molar-refractivity contribution is 6.33. The Morgan fingerprint density at radius 1 is 1.35 bits per heavy atom. The quantitative estimate of drug-likeness (QED) is 0.834. The minimum Gasteiger partial charge on any atom is -0.397 e. The third kappa shape index (κ3) is 2.26. The van der Waals surface area contributed by atoms with Crippen LogP contribution in [0.25, 0.3) is 5.69 Å². The third-order valence-electron chi connectivity index (χ3n) is 2.53. The van der Waals surface area contributed by atoms with Crippen LogP contribution in [0.4, 0.5) is 5.69 Å². The zero-order valence-electron chi connectivity index (χ0n) is 10.1. The molecule has 0 bridgehead atoms. The Hall–Kier alpha value is -1.55. The Balaban J connectivity index is 2.49. The van der Waals surface area contributed by atoms with Gasteiger partial charge >= 0.3 is 0 Å². The molecular formula is C12H15ClN4. The normalized spacial score (nSPS) is 11.1. The zero-order chi connectivity index (χ0) is 12.6. The van der Waals surface area contributed by atoms with Gasteiger partial charge in [-0.3, -0.25) is 0 Å². The first-order valence-corrected chi connectivity index (χ1v) is 5.86. The molecule has 1 aromatic heterocycles. The highest BCUT2D eigenvalue weighted by Gasteiger charge is 2.11. The fourth-order valence-corrected chi connectivity index (χ4v) is 1.68. The number of rotatable bonds is 2. The van der Waals surface area contributed by atoms with Gasteiger partial charge in [0.25, 0.3) is 0 Å². The number of nitrogen functional groups attached to an aromatic ring is 1. The second-order valence-corrected chi connectivity index (χ2v) is 4.70. The van der Waals surface area contributed by atoms with E-state index < -0.39 is 0 Å². The van der Waals surface area contributed by atoms with Gasteiger partial charge in [-0.2, -0.15) is 5.10 Å². The second kappa shape index (κ2) is 4.37. The van der Waals surface area contributed by atoms with Crippen molar-refractivity contribution in [1.29, 1.82) is 0 Å². The van der Waals surface area contributed by atoms with Crippen molar-refractivity contribution in [2.45, 2.75) is 26.7 Å². The van der Waals surface area contributed by atoms with Crippen LogP contribution < -0.4 is 5.73 Å². The van der Waals surface area contributed by atoms with Crippen molar-refractivity contribution in [3.05, 3.63) is 34.9 Å². The first kappa shape index (κ1) is 11.9. The van der Waals surface area contributed by atoms with Crippen LogP contribution in [0.15, 0.2) is 18.2 Å². The number of hydrogen-bond acceptors (Lipinski definition) is 3. The fraction of sp³-hybridized carbons (Fsp3) is 0.333. The molecule has 17 heavy (non-hydrogen) atoms. The lowest BCUT2D eigenvalue weighted by Crippen LogP contribution is -2.01. The van der Waals surface area contributed by atoms with Gasteiger partial charge in [0, 0.05) is 5.92 Å². The Morgan fingerprint density at radius 2 is 2.06 bits per heavy atom. The highest BCUT2D eigenvalue weighted by atomic mass is 35.5. The summed E-state index contributed by atoms with van der Waals surface area (Å²) in [6, 6.07) is 5.45. The minimum absolute atomic E-state index is 0.305. The van der Waals surface area contributed by atoms with E-state index in [1.165, 1.54) is 0 Å². The van der Waals surface area contributed by atoms with Crippen LogP contribution in [0, 0.1) is 6.92 Å². The largest absolute Gasteiger partial charge is 0.397 e. The Labute approximate surface area is 105 Å². The van der Waals surface area contributed by atoms with Crippen LogP contribution in [0.5, 0.6) is 0 Å². The predicted molar refractivity (Wildman–Crippen MR) is 69.6 cm³/mol. The molecule has 0 spiro atoms. The molecule has 0 aliphatic heterocycles. The van der Waals surface area contributed by atoms with Crippen LogP contribution >= 0.6 is 11.6 Å². The Bertz CT molecular complexity index is 545. The number of hydrogen-bond donors (Lipinski definition) is 1. The van der Waals surface area contributed by atoms with E-state index in [2.05, 4.69) is 23.9 Å². The maximum atomic E-state index is 5.89. The molecule has 0 atom stereocenters. The lowest BCUT2D eigenvalue weighted by Gasteiger charge is -2.05. The molecule has 0 aliphatic carbocycles. The molecule has 0 unspecified atom stereocenters. The summed E-state index contributed by atoms with van der Waals surface area (Å²) in [5.41, 5.74) is 7.21. The number of nitrogens with zero attached hydrogens (tertiary/aromatic N) is 3. The van der Waals surface area contributed by atoms with Crippen molar-refractivity contribution in [2.75, 3.05) is 5.73 Å². The van der Waals surface area contributed by atoms with Crippen LogP contribution in [0.1, 0.15) is 31.4 Å². The van der Waals surface area contributed by atoms with Crippen LogP contribution in [-0.4, -0.2) is 14.8 Å². The molecule has 0 saturated heterocycles. The predicted octanol–water partition coefficient (Wildman–Crippen LogP) is 2.93. The maximum absolute atomic E-state index is 5.89. The maximum Gasteiger partial charge on any atom is 0.153 e. The summed E-state index contributed by atoms with van der Waals surface area (Å²) in [7, 11) is 0. The molecule has 2 aromatic rings. The van der Waals surface area contributed by atoms with E-state index in [9.17, 15) is 0 Å². The van der Waals surface area contributed by atoms with E-state index in [4.69, 9.17) is 17.3 Å². The molecule has 90 valence electrons. The summed E-state index contributed by atoms with van der Waals surface area (Å²) < 4.78 is 1.78. The van der Waals surface area contributed by atoms with E-state index in [1.807, 2.05) is 13.0 Å². The van der Waals surface area contributed by atoms with Gasteiger partial charge in [-0.1, -0.05) is 25.4 Å². The standard InChI is InChI=1S/C12H15ClN4/c1-7(2)12-15-8(3)17(16-12)9-4-5-10(13)11(14)6-9/h4-7H,14H2,1-3H3. The molecule has 2 rings (SSSR count). The van der Waals surface area contributed by atoms with Crippen molar-refractivity contribution < 1.29 is 0 Å². The smallest absolute Gasteiger partial charge is 0.153 e. The minimum atomic E-state index is 0.305. The van der Waals surface area contributed by atoms with Gasteiger partial charge in [-0.05, 0) is 25.1 Å². The molecular weight excluding hydrogens is 236 g/mol. The molecule has 0 aliphatic rings. The van der Waals surface area contributed by atoms with Crippen LogP contribution in [0.2, 0.25) is 5.02 Å². The van der Waals surface area contributed by atoms with Gasteiger partial charge in [0.1, 0.15) is 5.82 Å². The molecule has 0 amide bonds.